The Hall–Kier alpha value is -2.56. The Morgan fingerprint density at radius 1 is 1.09 bits per heavy atom. The number of halogens is 1. The molecule has 23 heavy (non-hydrogen) atoms. The molecule has 2 rings (SSSR count). The van der Waals surface area contributed by atoms with Gasteiger partial charge in [-0.3, -0.25) is 4.79 Å². The van der Waals surface area contributed by atoms with E-state index < -0.39 is 0 Å². The summed E-state index contributed by atoms with van der Waals surface area (Å²) in [6, 6.07) is 13.2. The Morgan fingerprint density at radius 2 is 1.78 bits per heavy atom. The molecule has 2 aromatic rings. The average Bonchev–Trinajstić information content (AvgIpc) is 2.57. The molecule has 0 saturated heterocycles. The average molecular weight is 317 g/mol. The quantitative estimate of drug-likeness (QED) is 0.812. The number of carbonyl (C=O) groups excluding carboxylic acids is 1. The fraction of sp³-hybridized carbons (Fsp3) is 0.278. The van der Waals surface area contributed by atoms with Crippen LogP contribution in [0.2, 0.25) is 0 Å². The van der Waals surface area contributed by atoms with E-state index in [4.69, 9.17) is 9.47 Å². The Morgan fingerprint density at radius 3 is 2.43 bits per heavy atom. The normalized spacial score (nSPS) is 10.2. The maximum Gasteiger partial charge on any atom is 0.258 e. The second kappa shape index (κ2) is 8.78. The summed E-state index contributed by atoms with van der Waals surface area (Å²) in [5.41, 5.74) is 0.704. The van der Waals surface area contributed by atoms with Crippen molar-refractivity contribution < 1.29 is 18.7 Å². The molecule has 0 aromatic heterocycles. The predicted octanol–water partition coefficient (Wildman–Crippen LogP) is 3.31. The van der Waals surface area contributed by atoms with Crippen LogP contribution < -0.4 is 14.8 Å². The van der Waals surface area contributed by atoms with Gasteiger partial charge in [-0.25, -0.2) is 4.39 Å². The zero-order valence-electron chi connectivity index (χ0n) is 13.0. The van der Waals surface area contributed by atoms with Gasteiger partial charge in [-0.1, -0.05) is 19.1 Å². The summed E-state index contributed by atoms with van der Waals surface area (Å²) in [6.45, 7) is 2.89. The van der Waals surface area contributed by atoms with Crippen molar-refractivity contribution in [3.63, 3.8) is 0 Å². The lowest BCUT2D eigenvalue weighted by Gasteiger charge is -2.09. The van der Waals surface area contributed by atoms with Crippen LogP contribution in [-0.4, -0.2) is 19.1 Å². The van der Waals surface area contributed by atoms with Crippen molar-refractivity contribution in [2.75, 3.05) is 13.2 Å². The SMILES string of the molecule is CCCOc1ccc(OCC(=O)NCc2cccc(F)c2)cc1. The molecule has 0 fully saturated rings. The van der Waals surface area contributed by atoms with Crippen LogP contribution in [0.3, 0.4) is 0 Å². The van der Waals surface area contributed by atoms with Gasteiger partial charge < -0.3 is 14.8 Å². The van der Waals surface area contributed by atoms with Crippen molar-refractivity contribution >= 4 is 5.91 Å². The second-order valence-corrected chi connectivity index (χ2v) is 5.02. The molecule has 0 atom stereocenters. The van der Waals surface area contributed by atoms with Crippen LogP contribution in [0.5, 0.6) is 11.5 Å². The van der Waals surface area contributed by atoms with Crippen molar-refractivity contribution in [2.24, 2.45) is 0 Å². The molecule has 4 nitrogen and oxygen atoms in total. The first-order valence-corrected chi connectivity index (χ1v) is 7.54. The summed E-state index contributed by atoms with van der Waals surface area (Å²) in [5.74, 6) is 0.781. The number of hydrogen-bond acceptors (Lipinski definition) is 3. The van der Waals surface area contributed by atoms with Gasteiger partial charge in [0.25, 0.3) is 5.91 Å². The highest BCUT2D eigenvalue weighted by Crippen LogP contribution is 2.17. The highest BCUT2D eigenvalue weighted by atomic mass is 19.1. The minimum absolute atomic E-state index is 0.0928. The third-order valence-corrected chi connectivity index (χ3v) is 3.05. The lowest BCUT2D eigenvalue weighted by Crippen LogP contribution is -2.28. The number of rotatable bonds is 8. The van der Waals surface area contributed by atoms with E-state index in [0.717, 1.165) is 12.2 Å². The third-order valence-electron chi connectivity index (χ3n) is 3.05. The minimum atomic E-state index is -0.321. The smallest absolute Gasteiger partial charge is 0.258 e. The standard InChI is InChI=1S/C18H20FNO3/c1-2-10-22-16-6-8-17(9-7-16)23-13-18(21)20-12-14-4-3-5-15(19)11-14/h3-9,11H,2,10,12-13H2,1H3,(H,20,21). The molecule has 0 aliphatic heterocycles. The molecule has 2 aromatic carbocycles. The second-order valence-electron chi connectivity index (χ2n) is 5.02. The van der Waals surface area contributed by atoms with E-state index in [9.17, 15) is 9.18 Å². The van der Waals surface area contributed by atoms with Gasteiger partial charge in [0, 0.05) is 6.54 Å². The van der Waals surface area contributed by atoms with Crippen molar-refractivity contribution in [1.82, 2.24) is 5.32 Å². The third kappa shape index (κ3) is 5.98. The molecule has 0 heterocycles. The zero-order chi connectivity index (χ0) is 16.5. The summed E-state index contributed by atoms with van der Waals surface area (Å²) in [5, 5.41) is 2.68. The Balaban J connectivity index is 1.73. The number of amides is 1. The number of hydrogen-bond donors (Lipinski definition) is 1. The van der Waals surface area contributed by atoms with E-state index in [0.29, 0.717) is 17.9 Å². The molecule has 0 spiro atoms. The van der Waals surface area contributed by atoms with Crippen LogP contribution in [0, 0.1) is 5.82 Å². The zero-order valence-corrected chi connectivity index (χ0v) is 13.0. The van der Waals surface area contributed by atoms with Gasteiger partial charge in [-0.05, 0) is 48.4 Å². The van der Waals surface area contributed by atoms with Crippen LogP contribution in [-0.2, 0) is 11.3 Å². The van der Waals surface area contributed by atoms with Crippen LogP contribution in [0.25, 0.3) is 0 Å². The largest absolute Gasteiger partial charge is 0.494 e. The molecule has 0 unspecified atom stereocenters. The maximum absolute atomic E-state index is 13.0. The maximum atomic E-state index is 13.0. The number of benzene rings is 2. The van der Waals surface area contributed by atoms with E-state index in [1.165, 1.54) is 12.1 Å². The van der Waals surface area contributed by atoms with Gasteiger partial charge in [0.15, 0.2) is 6.61 Å². The van der Waals surface area contributed by atoms with E-state index in [1.54, 1.807) is 36.4 Å². The minimum Gasteiger partial charge on any atom is -0.494 e. The van der Waals surface area contributed by atoms with Crippen molar-refractivity contribution in [3.8, 4) is 11.5 Å². The summed E-state index contributed by atoms with van der Waals surface area (Å²) in [4.78, 5) is 11.7. The van der Waals surface area contributed by atoms with E-state index in [2.05, 4.69) is 5.32 Å². The molecule has 1 amide bonds. The summed E-state index contributed by atoms with van der Waals surface area (Å²) in [7, 11) is 0. The van der Waals surface area contributed by atoms with Crippen molar-refractivity contribution in [2.45, 2.75) is 19.9 Å². The molecule has 0 bridgehead atoms. The summed E-state index contributed by atoms with van der Waals surface area (Å²) in [6.07, 6.45) is 0.948. The van der Waals surface area contributed by atoms with Gasteiger partial charge in [-0.2, -0.15) is 0 Å². The van der Waals surface area contributed by atoms with Crippen LogP contribution in [0.4, 0.5) is 4.39 Å². The van der Waals surface area contributed by atoms with Crippen LogP contribution in [0.15, 0.2) is 48.5 Å². The Bertz CT molecular complexity index is 628. The van der Waals surface area contributed by atoms with Gasteiger partial charge in [0.05, 0.1) is 6.61 Å². The fourth-order valence-electron chi connectivity index (χ4n) is 1.90. The highest BCUT2D eigenvalue weighted by molar-refractivity contribution is 5.77. The molecule has 0 saturated carbocycles. The molecule has 0 aliphatic rings. The molecule has 5 heteroatoms. The van der Waals surface area contributed by atoms with Gasteiger partial charge in [0.1, 0.15) is 17.3 Å². The first-order valence-electron chi connectivity index (χ1n) is 7.54. The molecular formula is C18H20FNO3. The van der Waals surface area contributed by atoms with Crippen LogP contribution >= 0.6 is 0 Å². The number of carbonyl (C=O) groups is 1. The summed E-state index contributed by atoms with van der Waals surface area (Å²) >= 11 is 0. The lowest BCUT2D eigenvalue weighted by molar-refractivity contribution is -0.123. The fourth-order valence-corrected chi connectivity index (χ4v) is 1.90. The van der Waals surface area contributed by atoms with Crippen LogP contribution in [0.1, 0.15) is 18.9 Å². The van der Waals surface area contributed by atoms with E-state index in [-0.39, 0.29) is 24.9 Å². The summed E-state index contributed by atoms with van der Waals surface area (Å²) < 4.78 is 23.9. The van der Waals surface area contributed by atoms with E-state index >= 15 is 0 Å². The number of nitrogens with one attached hydrogen (secondary N) is 1. The van der Waals surface area contributed by atoms with Gasteiger partial charge in [-0.15, -0.1) is 0 Å². The molecule has 122 valence electrons. The Labute approximate surface area is 135 Å². The molecular weight excluding hydrogens is 297 g/mol. The van der Waals surface area contributed by atoms with Gasteiger partial charge >= 0.3 is 0 Å². The van der Waals surface area contributed by atoms with E-state index in [1.807, 2.05) is 6.92 Å². The lowest BCUT2D eigenvalue weighted by atomic mass is 10.2. The monoisotopic (exact) mass is 317 g/mol. The predicted molar refractivity (Wildman–Crippen MR) is 86.0 cm³/mol. The van der Waals surface area contributed by atoms with Crippen molar-refractivity contribution in [3.05, 3.63) is 59.9 Å². The molecule has 0 aliphatic carbocycles. The first-order chi connectivity index (χ1) is 11.2. The van der Waals surface area contributed by atoms with Crippen molar-refractivity contribution in [1.29, 1.82) is 0 Å². The molecule has 0 radical (unpaired) electrons. The number of ether oxygens (including phenoxy) is 2. The van der Waals surface area contributed by atoms with Gasteiger partial charge in [0.2, 0.25) is 0 Å². The topological polar surface area (TPSA) is 47.6 Å². The molecule has 1 N–H and O–H groups in total. The highest BCUT2D eigenvalue weighted by Gasteiger charge is 2.04. The first kappa shape index (κ1) is 16.8. The Kier molecular flexibility index (Phi) is 6.41.